The molecule has 0 unspecified atom stereocenters. The number of carbonyl (C=O) groups is 2. The number of aromatic nitrogens is 2. The molecule has 1 saturated heterocycles. The summed E-state index contributed by atoms with van der Waals surface area (Å²) in [6.07, 6.45) is 15.6. The molecule has 3 aromatic rings. The van der Waals surface area contributed by atoms with Crippen molar-refractivity contribution in [3.8, 4) is 17.0 Å². The molecule has 2 aromatic heterocycles. The number of rotatable bonds is 9. The average molecular weight is 689 g/mol. The number of methoxy groups -OCH3 is 2. The van der Waals surface area contributed by atoms with Gasteiger partial charge in [-0.2, -0.15) is 0 Å². The van der Waals surface area contributed by atoms with Crippen molar-refractivity contribution < 1.29 is 29.6 Å². The fourth-order valence-corrected chi connectivity index (χ4v) is 8.27. The SMILES string of the molecule is COC(=O)NC1COC1.COc1ccc(C23CCC(CN(C(=O)C4CCCCC4)c4cc(-c5coc(C(C)C)n5)ccn4)(CC2)CC3)cc1C.[HH]. The standard InChI is InChI=1S/C35H45N3O3.C5H9NO3.H2/c1-24(2)32-37-29(22-41-32)27-12-19-36-31(21-27)38(33(39)26-8-6-5-7-9-26)23-34-13-16-35(17-14-34,18-15-34)28-10-11-30(40-4)25(3)20-28;1-8-5(7)6-4-2-9-3-4;/h10-12,19-22,24,26H,5-9,13-18,23H2,1-4H3;4H,2-3H2,1H3,(H,6,7);1H. The number of oxazole rings is 1. The third-order valence-corrected chi connectivity index (χ3v) is 11.6. The number of hydrogen-bond acceptors (Lipinski definition) is 8. The maximum atomic E-state index is 14.2. The van der Waals surface area contributed by atoms with Crippen molar-refractivity contribution in [2.45, 2.75) is 109 Å². The number of alkyl carbamates (subject to hydrolysis) is 1. The van der Waals surface area contributed by atoms with Gasteiger partial charge >= 0.3 is 6.09 Å². The van der Waals surface area contributed by atoms with Crippen LogP contribution >= 0.6 is 0 Å². The number of pyridine rings is 1. The molecule has 4 aliphatic carbocycles. The van der Waals surface area contributed by atoms with Gasteiger partial charge in [-0.3, -0.25) is 9.69 Å². The lowest BCUT2D eigenvalue weighted by atomic mass is 9.51. The smallest absolute Gasteiger partial charge is 0.407 e. The van der Waals surface area contributed by atoms with Crippen LogP contribution in [-0.4, -0.2) is 62.0 Å². The van der Waals surface area contributed by atoms with Crippen LogP contribution in [-0.2, 0) is 19.7 Å². The van der Waals surface area contributed by atoms with E-state index in [9.17, 15) is 9.59 Å². The zero-order valence-electron chi connectivity index (χ0n) is 30.5. The van der Waals surface area contributed by atoms with E-state index in [0.717, 1.165) is 80.2 Å². The molecule has 5 aliphatic rings. The molecule has 0 spiro atoms. The minimum Gasteiger partial charge on any atom is -0.496 e. The van der Waals surface area contributed by atoms with E-state index >= 15 is 0 Å². The lowest BCUT2D eigenvalue weighted by Crippen LogP contribution is -2.51. The first kappa shape index (κ1) is 35.9. The number of nitrogens with zero attached hydrogens (tertiary/aromatic N) is 3. The Balaban J connectivity index is 0.000000441. The molecule has 4 saturated carbocycles. The van der Waals surface area contributed by atoms with Crippen LogP contribution in [0.2, 0.25) is 0 Å². The molecule has 272 valence electrons. The van der Waals surface area contributed by atoms with Crippen molar-refractivity contribution >= 4 is 17.8 Å². The largest absolute Gasteiger partial charge is 0.496 e. The summed E-state index contributed by atoms with van der Waals surface area (Å²) in [6, 6.07) is 11.0. The second kappa shape index (κ2) is 15.5. The first-order valence-electron chi connectivity index (χ1n) is 18.4. The summed E-state index contributed by atoms with van der Waals surface area (Å²) < 4.78 is 20.4. The van der Waals surface area contributed by atoms with Gasteiger partial charge in [0.15, 0.2) is 5.89 Å². The Bertz CT molecular complexity index is 1610. The number of nitrogens with one attached hydrogen (secondary N) is 1. The monoisotopic (exact) mass is 688 g/mol. The predicted octanol–water partition coefficient (Wildman–Crippen LogP) is 8.37. The quantitative estimate of drug-likeness (QED) is 0.238. The molecule has 3 heterocycles. The van der Waals surface area contributed by atoms with Gasteiger partial charge in [-0.1, -0.05) is 45.2 Å². The van der Waals surface area contributed by atoms with E-state index in [1.54, 1.807) is 13.4 Å². The molecule has 0 atom stereocenters. The van der Waals surface area contributed by atoms with Gasteiger partial charge in [-0.05, 0) is 98.4 Å². The highest BCUT2D eigenvalue weighted by Crippen LogP contribution is 2.58. The van der Waals surface area contributed by atoms with Crippen LogP contribution in [0.1, 0.15) is 109 Å². The maximum Gasteiger partial charge on any atom is 0.407 e. The Morgan fingerprint density at radius 2 is 1.74 bits per heavy atom. The lowest BCUT2D eigenvalue weighted by Gasteiger charge is -2.55. The van der Waals surface area contributed by atoms with Crippen molar-refractivity contribution in [3.63, 3.8) is 0 Å². The second-order valence-corrected chi connectivity index (χ2v) is 15.2. The summed E-state index contributed by atoms with van der Waals surface area (Å²) in [5.74, 6) is 3.03. The van der Waals surface area contributed by atoms with Gasteiger partial charge in [0.2, 0.25) is 5.91 Å². The second-order valence-electron chi connectivity index (χ2n) is 15.2. The molecule has 1 aliphatic heterocycles. The molecule has 1 aromatic carbocycles. The third-order valence-electron chi connectivity index (χ3n) is 11.6. The first-order chi connectivity index (χ1) is 24.1. The molecule has 8 rings (SSSR count). The van der Waals surface area contributed by atoms with Crippen LogP contribution in [0.3, 0.4) is 0 Å². The zero-order chi connectivity index (χ0) is 35.3. The lowest BCUT2D eigenvalue weighted by molar-refractivity contribution is -0.124. The van der Waals surface area contributed by atoms with Gasteiger partial charge < -0.3 is 23.9 Å². The van der Waals surface area contributed by atoms with Crippen molar-refractivity contribution in [3.05, 3.63) is 59.8 Å². The highest BCUT2D eigenvalue weighted by molar-refractivity contribution is 5.94. The van der Waals surface area contributed by atoms with Crippen molar-refractivity contribution in [2.24, 2.45) is 11.3 Å². The summed E-state index contributed by atoms with van der Waals surface area (Å²) in [7, 11) is 3.09. The van der Waals surface area contributed by atoms with Gasteiger partial charge in [-0.25, -0.2) is 14.8 Å². The Labute approximate surface area is 298 Å². The first-order valence-corrected chi connectivity index (χ1v) is 18.4. The molecule has 5 fully saturated rings. The van der Waals surface area contributed by atoms with E-state index < -0.39 is 0 Å². The van der Waals surface area contributed by atoms with Crippen LogP contribution in [0.5, 0.6) is 5.75 Å². The predicted molar refractivity (Wildman–Crippen MR) is 195 cm³/mol. The zero-order valence-corrected chi connectivity index (χ0v) is 30.5. The number of ether oxygens (including phenoxy) is 3. The Morgan fingerprint density at radius 3 is 2.32 bits per heavy atom. The Kier molecular flexibility index (Phi) is 11.2. The van der Waals surface area contributed by atoms with E-state index in [-0.39, 0.29) is 42.1 Å². The van der Waals surface area contributed by atoms with Gasteiger partial charge in [0.05, 0.1) is 33.5 Å². The summed E-state index contributed by atoms with van der Waals surface area (Å²) in [4.78, 5) is 36.2. The molecule has 2 bridgehead atoms. The summed E-state index contributed by atoms with van der Waals surface area (Å²) in [5.41, 5.74) is 4.81. The fraction of sp³-hybridized carbons (Fsp3) is 0.600. The normalized spacial score (nSPS) is 23.4. The van der Waals surface area contributed by atoms with Crippen LogP contribution < -0.4 is 15.0 Å². The van der Waals surface area contributed by atoms with E-state index in [0.29, 0.717) is 13.2 Å². The molecule has 10 heteroatoms. The van der Waals surface area contributed by atoms with E-state index in [1.165, 1.54) is 43.9 Å². The summed E-state index contributed by atoms with van der Waals surface area (Å²) >= 11 is 0. The van der Waals surface area contributed by atoms with E-state index in [2.05, 4.69) is 60.0 Å². The molecule has 50 heavy (non-hydrogen) atoms. The molecule has 2 amide bonds. The number of hydrogen-bond donors (Lipinski definition) is 1. The highest BCUT2D eigenvalue weighted by atomic mass is 16.5. The van der Waals surface area contributed by atoms with Gasteiger partial charge in [0, 0.05) is 31.6 Å². The summed E-state index contributed by atoms with van der Waals surface area (Å²) in [5, 5.41) is 2.58. The van der Waals surface area contributed by atoms with Gasteiger partial charge in [0.25, 0.3) is 0 Å². The van der Waals surface area contributed by atoms with Gasteiger partial charge in [-0.15, -0.1) is 0 Å². The number of aryl methyl sites for hydroxylation is 1. The van der Waals surface area contributed by atoms with Crippen LogP contribution in [0.25, 0.3) is 11.3 Å². The Morgan fingerprint density at radius 1 is 1.02 bits per heavy atom. The number of benzene rings is 1. The molecule has 0 radical (unpaired) electrons. The van der Waals surface area contributed by atoms with Crippen LogP contribution in [0.4, 0.5) is 10.6 Å². The van der Waals surface area contributed by atoms with Crippen LogP contribution in [0.15, 0.2) is 47.2 Å². The summed E-state index contributed by atoms with van der Waals surface area (Å²) in [6.45, 7) is 8.27. The number of anilines is 1. The fourth-order valence-electron chi connectivity index (χ4n) is 8.27. The highest BCUT2D eigenvalue weighted by Gasteiger charge is 2.50. The molecular weight excluding hydrogens is 632 g/mol. The topological polar surface area (TPSA) is 116 Å². The average Bonchev–Trinajstić information content (AvgIpc) is 3.65. The van der Waals surface area contributed by atoms with Crippen LogP contribution in [0, 0.1) is 18.3 Å². The maximum absolute atomic E-state index is 14.2. The number of carbonyl (C=O) groups excluding carboxylic acids is 2. The number of amides is 2. The van der Waals surface area contributed by atoms with Crippen molar-refractivity contribution in [1.82, 2.24) is 15.3 Å². The minimum absolute atomic E-state index is 0. The van der Waals surface area contributed by atoms with Crippen molar-refractivity contribution in [2.75, 3.05) is 38.9 Å². The molecule has 1 N–H and O–H groups in total. The Hall–Kier alpha value is -3.92. The van der Waals surface area contributed by atoms with Gasteiger partial charge in [0.1, 0.15) is 23.5 Å². The van der Waals surface area contributed by atoms with E-state index in [1.807, 2.05) is 12.3 Å². The van der Waals surface area contributed by atoms with Crippen molar-refractivity contribution in [1.29, 1.82) is 0 Å². The van der Waals surface area contributed by atoms with E-state index in [4.69, 9.17) is 23.9 Å². The minimum atomic E-state index is -0.386. The third kappa shape index (κ3) is 7.85. The molecular formula is C40H56N4O6. The molecule has 10 nitrogen and oxygen atoms in total. The number of fused-ring (bicyclic) bond motifs is 3.